The maximum Gasteiger partial charge on any atom is 0.313 e. The normalized spacial score (nSPS) is 15.6. The Morgan fingerprint density at radius 2 is 1.76 bits per heavy atom. The summed E-state index contributed by atoms with van der Waals surface area (Å²) in [6, 6.07) is 13.4. The zero-order chi connectivity index (χ0) is 20.8. The average Bonchev–Trinajstić information content (AvgIpc) is 2.73. The van der Waals surface area contributed by atoms with E-state index in [1.165, 1.54) is 5.56 Å². The van der Waals surface area contributed by atoms with Gasteiger partial charge < -0.3 is 15.4 Å². The lowest BCUT2D eigenvalue weighted by atomic mass is 10.0. The summed E-state index contributed by atoms with van der Waals surface area (Å²) in [5.41, 5.74) is 3.53. The second-order valence-corrected chi connectivity index (χ2v) is 7.56. The number of hydrogen-bond acceptors (Lipinski definition) is 4. The molecule has 1 heterocycles. The number of halogens is 1. The van der Waals surface area contributed by atoms with Crippen LogP contribution in [0.25, 0.3) is 0 Å². The number of hydrogen-bond donors (Lipinski definition) is 2. The van der Waals surface area contributed by atoms with E-state index in [9.17, 15) is 9.59 Å². The lowest BCUT2D eigenvalue weighted by Crippen LogP contribution is -2.45. The maximum atomic E-state index is 12.4. The number of nitrogens with zero attached hydrogens (tertiary/aromatic N) is 1. The maximum absolute atomic E-state index is 12.4. The van der Waals surface area contributed by atoms with Crippen molar-refractivity contribution in [3.05, 3.63) is 64.2 Å². The van der Waals surface area contributed by atoms with Crippen LogP contribution in [0.2, 0.25) is 5.02 Å². The molecule has 1 saturated heterocycles. The summed E-state index contributed by atoms with van der Waals surface area (Å²) in [5.74, 6) is -1.38. The highest BCUT2D eigenvalue weighted by Crippen LogP contribution is 2.23. The Morgan fingerprint density at radius 3 is 2.45 bits per heavy atom. The Bertz CT molecular complexity index is 864. The van der Waals surface area contributed by atoms with Gasteiger partial charge in [-0.3, -0.25) is 14.5 Å². The molecule has 6 nitrogen and oxygen atoms in total. The molecule has 1 aliphatic heterocycles. The van der Waals surface area contributed by atoms with Gasteiger partial charge in [0, 0.05) is 30.3 Å². The first kappa shape index (κ1) is 21.3. The van der Waals surface area contributed by atoms with Gasteiger partial charge >= 0.3 is 11.8 Å². The molecule has 0 radical (unpaired) electrons. The number of carbonyl (C=O) groups is 2. The number of rotatable bonds is 5. The van der Waals surface area contributed by atoms with E-state index in [0.29, 0.717) is 30.5 Å². The third kappa shape index (κ3) is 5.56. The van der Waals surface area contributed by atoms with Crippen molar-refractivity contribution in [1.29, 1.82) is 0 Å². The summed E-state index contributed by atoms with van der Waals surface area (Å²) in [7, 11) is 0. The van der Waals surface area contributed by atoms with E-state index < -0.39 is 11.8 Å². The van der Waals surface area contributed by atoms with E-state index in [1.807, 2.05) is 6.92 Å². The number of nitrogens with one attached hydrogen (secondary N) is 2. The van der Waals surface area contributed by atoms with Crippen LogP contribution in [0.4, 0.5) is 5.69 Å². The third-order valence-corrected chi connectivity index (χ3v) is 5.54. The molecule has 2 aromatic carbocycles. The molecule has 7 heteroatoms. The van der Waals surface area contributed by atoms with Crippen LogP contribution in [0.3, 0.4) is 0 Å². The first-order valence-corrected chi connectivity index (χ1v) is 10.1. The standard InChI is InChI=1S/C22H26ClN3O3/c1-15-6-8-17(9-7-15)20(26-10-12-29-13-11-26)14-24-21(27)22(28)25-19-5-3-4-18(23)16(19)2/h3-9,20H,10-14H2,1-2H3,(H,24,27)(H,25,28). The monoisotopic (exact) mass is 415 g/mol. The van der Waals surface area contributed by atoms with Gasteiger partial charge in [0.05, 0.1) is 19.3 Å². The molecular formula is C22H26ClN3O3. The molecular weight excluding hydrogens is 390 g/mol. The molecule has 1 unspecified atom stereocenters. The number of benzene rings is 2. The third-order valence-electron chi connectivity index (χ3n) is 5.13. The molecule has 29 heavy (non-hydrogen) atoms. The first-order chi connectivity index (χ1) is 14.0. The van der Waals surface area contributed by atoms with E-state index in [4.69, 9.17) is 16.3 Å². The summed E-state index contributed by atoms with van der Waals surface area (Å²) in [6.07, 6.45) is 0. The Kier molecular flexibility index (Phi) is 7.25. The van der Waals surface area contributed by atoms with Gasteiger partial charge in [-0.05, 0) is 37.1 Å². The molecule has 3 rings (SSSR count). The Balaban J connectivity index is 1.66. The smallest absolute Gasteiger partial charge is 0.313 e. The fraction of sp³-hybridized carbons (Fsp3) is 0.364. The van der Waals surface area contributed by atoms with E-state index in [-0.39, 0.29) is 6.04 Å². The van der Waals surface area contributed by atoms with Gasteiger partial charge in [-0.1, -0.05) is 47.5 Å². The van der Waals surface area contributed by atoms with Crippen molar-refractivity contribution < 1.29 is 14.3 Å². The Hall–Kier alpha value is -2.41. The zero-order valence-electron chi connectivity index (χ0n) is 16.7. The van der Waals surface area contributed by atoms with Crippen molar-refractivity contribution in [3.8, 4) is 0 Å². The number of ether oxygens (including phenoxy) is 1. The van der Waals surface area contributed by atoms with Gasteiger partial charge in [0.15, 0.2) is 0 Å². The predicted octanol–water partition coefficient (Wildman–Crippen LogP) is 3.09. The largest absolute Gasteiger partial charge is 0.379 e. The second kappa shape index (κ2) is 9.87. The predicted molar refractivity (Wildman–Crippen MR) is 114 cm³/mol. The van der Waals surface area contributed by atoms with Crippen LogP contribution in [0, 0.1) is 13.8 Å². The fourth-order valence-electron chi connectivity index (χ4n) is 3.33. The highest BCUT2D eigenvalue weighted by molar-refractivity contribution is 6.40. The molecule has 0 aliphatic carbocycles. The topological polar surface area (TPSA) is 70.7 Å². The number of amides is 2. The van der Waals surface area contributed by atoms with Crippen LogP contribution in [0.1, 0.15) is 22.7 Å². The molecule has 1 aliphatic rings. The number of aryl methyl sites for hydroxylation is 1. The van der Waals surface area contributed by atoms with Crippen LogP contribution in [0.5, 0.6) is 0 Å². The molecule has 2 N–H and O–H groups in total. The second-order valence-electron chi connectivity index (χ2n) is 7.15. The summed E-state index contributed by atoms with van der Waals surface area (Å²) < 4.78 is 5.45. The highest BCUT2D eigenvalue weighted by Gasteiger charge is 2.24. The van der Waals surface area contributed by atoms with Crippen molar-refractivity contribution in [2.24, 2.45) is 0 Å². The molecule has 2 amide bonds. The minimum atomic E-state index is -0.708. The van der Waals surface area contributed by atoms with Gasteiger partial charge in [0.25, 0.3) is 0 Å². The summed E-state index contributed by atoms with van der Waals surface area (Å²) in [4.78, 5) is 27.0. The van der Waals surface area contributed by atoms with Crippen LogP contribution in [-0.4, -0.2) is 49.6 Å². The van der Waals surface area contributed by atoms with Crippen molar-refractivity contribution >= 4 is 29.1 Å². The lowest BCUT2D eigenvalue weighted by molar-refractivity contribution is -0.136. The Labute approximate surface area is 176 Å². The van der Waals surface area contributed by atoms with Crippen LogP contribution >= 0.6 is 11.6 Å². The van der Waals surface area contributed by atoms with Crippen molar-refractivity contribution in [2.45, 2.75) is 19.9 Å². The summed E-state index contributed by atoms with van der Waals surface area (Å²) in [6.45, 7) is 7.04. The number of carbonyl (C=O) groups excluding carboxylic acids is 2. The molecule has 0 saturated carbocycles. The van der Waals surface area contributed by atoms with E-state index in [0.717, 1.165) is 24.2 Å². The summed E-state index contributed by atoms with van der Waals surface area (Å²) >= 11 is 6.08. The van der Waals surface area contributed by atoms with Crippen LogP contribution in [-0.2, 0) is 14.3 Å². The first-order valence-electron chi connectivity index (χ1n) is 9.68. The molecule has 0 aromatic heterocycles. The van der Waals surface area contributed by atoms with Gasteiger partial charge in [-0.2, -0.15) is 0 Å². The van der Waals surface area contributed by atoms with Crippen molar-refractivity contribution in [3.63, 3.8) is 0 Å². The van der Waals surface area contributed by atoms with Crippen molar-refractivity contribution in [1.82, 2.24) is 10.2 Å². The quantitative estimate of drug-likeness (QED) is 0.736. The van der Waals surface area contributed by atoms with Crippen molar-refractivity contribution in [2.75, 3.05) is 38.2 Å². The molecule has 0 spiro atoms. The lowest BCUT2D eigenvalue weighted by Gasteiger charge is -2.35. The van der Waals surface area contributed by atoms with E-state index in [2.05, 4.69) is 39.8 Å². The minimum Gasteiger partial charge on any atom is -0.379 e. The zero-order valence-corrected chi connectivity index (χ0v) is 17.5. The average molecular weight is 416 g/mol. The van der Waals surface area contributed by atoms with Crippen LogP contribution in [0.15, 0.2) is 42.5 Å². The van der Waals surface area contributed by atoms with E-state index >= 15 is 0 Å². The molecule has 1 fully saturated rings. The highest BCUT2D eigenvalue weighted by atomic mass is 35.5. The van der Waals surface area contributed by atoms with Gasteiger partial charge in [0.2, 0.25) is 0 Å². The summed E-state index contributed by atoms with van der Waals surface area (Å²) in [5, 5.41) is 5.95. The molecule has 1 atom stereocenters. The minimum absolute atomic E-state index is 0.0239. The molecule has 154 valence electrons. The van der Waals surface area contributed by atoms with Gasteiger partial charge in [0.1, 0.15) is 0 Å². The SMILES string of the molecule is Cc1ccc(C(CNC(=O)C(=O)Nc2cccc(Cl)c2C)N2CCOCC2)cc1. The molecule has 0 bridgehead atoms. The van der Waals surface area contributed by atoms with E-state index in [1.54, 1.807) is 25.1 Å². The van der Waals surface area contributed by atoms with Gasteiger partial charge in [-0.25, -0.2) is 0 Å². The number of anilines is 1. The Morgan fingerprint density at radius 1 is 1.07 bits per heavy atom. The molecule has 2 aromatic rings. The number of morpholine rings is 1. The van der Waals surface area contributed by atoms with Gasteiger partial charge in [-0.15, -0.1) is 0 Å². The van der Waals surface area contributed by atoms with Crippen LogP contribution < -0.4 is 10.6 Å². The fourth-order valence-corrected chi connectivity index (χ4v) is 3.50.